The third kappa shape index (κ3) is 9.29. The number of H-pyrrole nitrogens is 1. The van der Waals surface area contributed by atoms with Gasteiger partial charge in [-0.15, -0.1) is 0 Å². The van der Waals surface area contributed by atoms with Gasteiger partial charge in [0.1, 0.15) is 19.0 Å². The van der Waals surface area contributed by atoms with E-state index in [4.69, 9.17) is 13.9 Å². The molecule has 1 unspecified atom stereocenters. The lowest BCUT2D eigenvalue weighted by Crippen LogP contribution is -2.43. The van der Waals surface area contributed by atoms with Gasteiger partial charge in [0, 0.05) is 24.5 Å². The Morgan fingerprint density at radius 1 is 0.864 bits per heavy atom. The molecule has 1 heterocycles. The molecule has 9 heteroatoms. The summed E-state index contributed by atoms with van der Waals surface area (Å²) in [6.07, 6.45) is 0.0485. The van der Waals surface area contributed by atoms with Crippen molar-refractivity contribution in [3.8, 4) is 5.75 Å². The summed E-state index contributed by atoms with van der Waals surface area (Å²) in [7, 11) is -2.17. The number of amides is 1. The van der Waals surface area contributed by atoms with Crippen molar-refractivity contribution in [3.05, 3.63) is 112 Å². The summed E-state index contributed by atoms with van der Waals surface area (Å²) in [6, 6.07) is 26.9. The molecular formula is C35H45N3O5Si. The van der Waals surface area contributed by atoms with Crippen molar-refractivity contribution in [3.63, 3.8) is 0 Å². The Kier molecular flexibility index (Phi) is 11.4. The van der Waals surface area contributed by atoms with Crippen molar-refractivity contribution < 1.29 is 18.7 Å². The Hall–Kier alpha value is -3.92. The lowest BCUT2D eigenvalue weighted by Gasteiger charge is -2.39. The standard InChI is InChI=1S/C35H45N3O5Si/c1-35(2,3)44(4,5)43-31(23-36-21-12-22-37-34(40)42-25-27-15-10-7-11-16-27)28-17-19-30(33-29(28)18-20-32(39)38-33)41-24-26-13-8-6-9-14-26/h6-11,13-20,31,36H,12,21-25H2,1-5H3,(H,37,40)(H,38,39). The number of carbonyl (C=O) groups is 1. The minimum Gasteiger partial charge on any atom is -0.487 e. The van der Waals surface area contributed by atoms with Crippen molar-refractivity contribution in [1.29, 1.82) is 0 Å². The summed E-state index contributed by atoms with van der Waals surface area (Å²) in [5, 5.41) is 7.25. The zero-order valence-electron chi connectivity index (χ0n) is 26.4. The third-order valence-corrected chi connectivity index (χ3v) is 12.5. The molecule has 8 nitrogen and oxygen atoms in total. The third-order valence-electron chi connectivity index (χ3n) is 8.06. The lowest BCUT2D eigenvalue weighted by molar-refractivity contribution is 0.139. The summed E-state index contributed by atoms with van der Waals surface area (Å²) in [6.45, 7) is 13.5. The van der Waals surface area contributed by atoms with E-state index in [0.717, 1.165) is 28.5 Å². The number of alkyl carbamates (subject to hydrolysis) is 1. The smallest absolute Gasteiger partial charge is 0.407 e. The summed E-state index contributed by atoms with van der Waals surface area (Å²) in [5.41, 5.74) is 3.46. The highest BCUT2D eigenvalue weighted by Gasteiger charge is 2.39. The van der Waals surface area contributed by atoms with E-state index in [9.17, 15) is 9.59 Å². The van der Waals surface area contributed by atoms with Gasteiger partial charge in [0.15, 0.2) is 8.32 Å². The molecule has 0 aliphatic rings. The van der Waals surface area contributed by atoms with Crippen LogP contribution in [0.2, 0.25) is 18.1 Å². The van der Waals surface area contributed by atoms with Gasteiger partial charge in [0.05, 0.1) is 11.6 Å². The van der Waals surface area contributed by atoms with E-state index in [1.54, 1.807) is 6.07 Å². The molecule has 0 aliphatic carbocycles. The fourth-order valence-electron chi connectivity index (χ4n) is 4.54. The van der Waals surface area contributed by atoms with E-state index < -0.39 is 14.4 Å². The van der Waals surface area contributed by atoms with Crippen LogP contribution in [0.3, 0.4) is 0 Å². The highest BCUT2D eigenvalue weighted by molar-refractivity contribution is 6.74. The molecule has 0 fully saturated rings. The van der Waals surface area contributed by atoms with Crippen LogP contribution in [0.4, 0.5) is 4.79 Å². The van der Waals surface area contributed by atoms with E-state index in [1.165, 1.54) is 0 Å². The molecule has 0 aliphatic heterocycles. The number of ether oxygens (including phenoxy) is 2. The van der Waals surface area contributed by atoms with Crippen molar-refractivity contribution in [2.45, 2.75) is 64.6 Å². The largest absolute Gasteiger partial charge is 0.487 e. The molecule has 0 saturated heterocycles. The number of hydrogen-bond donors (Lipinski definition) is 3. The predicted octanol–water partition coefficient (Wildman–Crippen LogP) is 7.08. The van der Waals surface area contributed by atoms with Crippen molar-refractivity contribution in [2.24, 2.45) is 0 Å². The lowest BCUT2D eigenvalue weighted by atomic mass is 10.0. The first kappa shape index (κ1) is 33.0. The number of fused-ring (bicyclic) bond motifs is 1. The average molecular weight is 616 g/mol. The first-order chi connectivity index (χ1) is 21.0. The Labute approximate surface area is 261 Å². The van der Waals surface area contributed by atoms with E-state index >= 15 is 0 Å². The molecule has 3 N–H and O–H groups in total. The van der Waals surface area contributed by atoms with Gasteiger partial charge < -0.3 is 29.5 Å². The Morgan fingerprint density at radius 3 is 2.18 bits per heavy atom. The minimum atomic E-state index is -2.17. The molecule has 0 bridgehead atoms. The number of nitrogens with one attached hydrogen (secondary N) is 3. The van der Waals surface area contributed by atoms with Gasteiger partial charge in [-0.25, -0.2) is 4.79 Å². The number of benzene rings is 3. The zero-order chi connectivity index (χ0) is 31.6. The summed E-state index contributed by atoms with van der Waals surface area (Å²) >= 11 is 0. The summed E-state index contributed by atoms with van der Waals surface area (Å²) in [5.74, 6) is 0.620. The number of aromatic amines is 1. The van der Waals surface area contributed by atoms with Gasteiger partial charge in [0.2, 0.25) is 5.56 Å². The van der Waals surface area contributed by atoms with Crippen LogP contribution in [0.15, 0.2) is 89.7 Å². The van der Waals surface area contributed by atoms with Crippen LogP contribution in [0, 0.1) is 0 Å². The van der Waals surface area contributed by atoms with Crippen molar-refractivity contribution in [1.82, 2.24) is 15.6 Å². The molecule has 0 spiro atoms. The van der Waals surface area contributed by atoms with Crippen LogP contribution in [0.5, 0.6) is 5.75 Å². The first-order valence-electron chi connectivity index (χ1n) is 15.2. The van der Waals surface area contributed by atoms with Gasteiger partial charge in [-0.05, 0) is 59.9 Å². The fourth-order valence-corrected chi connectivity index (χ4v) is 5.82. The average Bonchev–Trinajstić information content (AvgIpc) is 3.00. The molecule has 4 aromatic rings. The number of carbonyl (C=O) groups excluding carboxylic acids is 1. The molecular weight excluding hydrogens is 570 g/mol. The first-order valence-corrected chi connectivity index (χ1v) is 18.1. The molecule has 1 aromatic heterocycles. The molecule has 3 aromatic carbocycles. The summed E-state index contributed by atoms with van der Waals surface area (Å²) in [4.78, 5) is 27.5. The van der Waals surface area contributed by atoms with Crippen molar-refractivity contribution in [2.75, 3.05) is 19.6 Å². The normalized spacial score (nSPS) is 12.6. The van der Waals surface area contributed by atoms with E-state index in [1.807, 2.05) is 78.9 Å². The van der Waals surface area contributed by atoms with Gasteiger partial charge >= 0.3 is 6.09 Å². The van der Waals surface area contributed by atoms with Crippen LogP contribution in [-0.4, -0.2) is 39.0 Å². The van der Waals surface area contributed by atoms with E-state index in [0.29, 0.717) is 37.5 Å². The van der Waals surface area contributed by atoms with E-state index in [2.05, 4.69) is 49.5 Å². The number of hydrogen-bond acceptors (Lipinski definition) is 6. The molecule has 234 valence electrons. The number of rotatable bonds is 14. The maximum atomic E-state index is 12.4. The van der Waals surface area contributed by atoms with Crippen molar-refractivity contribution >= 4 is 25.3 Å². The van der Waals surface area contributed by atoms with Crippen LogP contribution < -0.4 is 20.9 Å². The molecule has 1 atom stereocenters. The second kappa shape index (κ2) is 15.2. The Balaban J connectivity index is 1.43. The second-order valence-electron chi connectivity index (χ2n) is 12.5. The highest BCUT2D eigenvalue weighted by Crippen LogP contribution is 2.41. The molecule has 0 radical (unpaired) electrons. The number of pyridine rings is 1. The second-order valence-corrected chi connectivity index (χ2v) is 17.2. The van der Waals surface area contributed by atoms with E-state index in [-0.39, 0.29) is 23.3 Å². The quantitative estimate of drug-likeness (QED) is 0.104. The van der Waals surface area contributed by atoms with Gasteiger partial charge in [-0.1, -0.05) is 87.5 Å². The predicted molar refractivity (Wildman–Crippen MR) is 178 cm³/mol. The van der Waals surface area contributed by atoms with Crippen LogP contribution in [-0.2, 0) is 22.4 Å². The minimum absolute atomic E-state index is 0.0120. The van der Waals surface area contributed by atoms with Gasteiger partial charge in [-0.2, -0.15) is 0 Å². The zero-order valence-corrected chi connectivity index (χ0v) is 27.4. The van der Waals surface area contributed by atoms with Gasteiger partial charge in [0.25, 0.3) is 0 Å². The molecule has 0 saturated carbocycles. The fraction of sp³-hybridized carbons (Fsp3) is 0.371. The SMILES string of the molecule is CC(C)(C)[Si](C)(C)OC(CNCCCNC(=O)OCc1ccccc1)c1ccc(OCc2ccccc2)c2[nH]c(=O)ccc12. The number of aromatic nitrogens is 1. The van der Waals surface area contributed by atoms with Crippen LogP contribution in [0.1, 0.15) is 50.0 Å². The monoisotopic (exact) mass is 615 g/mol. The maximum absolute atomic E-state index is 12.4. The molecule has 4 rings (SSSR count). The summed E-state index contributed by atoms with van der Waals surface area (Å²) < 4.78 is 18.4. The topological polar surface area (TPSA) is 102 Å². The molecule has 44 heavy (non-hydrogen) atoms. The van der Waals surface area contributed by atoms with Crippen LogP contribution in [0.25, 0.3) is 10.9 Å². The Bertz CT molecular complexity index is 1550. The van der Waals surface area contributed by atoms with Gasteiger partial charge in [-0.3, -0.25) is 4.79 Å². The highest BCUT2D eigenvalue weighted by atomic mass is 28.4. The molecule has 1 amide bonds. The maximum Gasteiger partial charge on any atom is 0.407 e. The Morgan fingerprint density at radius 2 is 1.52 bits per heavy atom. The van der Waals surface area contributed by atoms with Crippen LogP contribution >= 0.6 is 0 Å².